The molecule has 0 aromatic carbocycles. The summed E-state index contributed by atoms with van der Waals surface area (Å²) >= 11 is 5.64. The van der Waals surface area contributed by atoms with Crippen LogP contribution in [0.1, 0.15) is 56.9 Å². The minimum Gasteiger partial charge on any atom is -0.308 e. The molecule has 1 aromatic rings. The third kappa shape index (κ3) is 3.72. The van der Waals surface area contributed by atoms with Gasteiger partial charge in [-0.2, -0.15) is 0 Å². The van der Waals surface area contributed by atoms with Gasteiger partial charge in [-0.15, -0.1) is 11.3 Å². The predicted octanol–water partition coefficient (Wildman–Crippen LogP) is 5.06. The zero-order valence-corrected chi connectivity index (χ0v) is 16.2. The summed E-state index contributed by atoms with van der Waals surface area (Å²) in [6.45, 7) is 5.73. The normalized spacial score (nSPS) is 28.0. The Bertz CT molecular complexity index is 436. The fourth-order valence-corrected chi connectivity index (χ4v) is 5.37. The summed E-state index contributed by atoms with van der Waals surface area (Å²) < 4.78 is 1.26. The zero-order valence-electron chi connectivity index (χ0n) is 13.8. The topological polar surface area (TPSA) is 15.3 Å². The van der Waals surface area contributed by atoms with Crippen molar-refractivity contribution in [2.24, 2.45) is 5.92 Å². The summed E-state index contributed by atoms with van der Waals surface area (Å²) in [5.41, 5.74) is 0.245. The SMILES string of the molecule is CCCNC(c1sccc1Br)C1(N(C)C)CCC(C)CC1. The first-order chi connectivity index (χ1) is 10.0. The van der Waals surface area contributed by atoms with Gasteiger partial charge in [-0.25, -0.2) is 0 Å². The molecule has 4 heteroatoms. The Morgan fingerprint density at radius 1 is 1.43 bits per heavy atom. The Hall–Kier alpha value is 0.1000. The fourth-order valence-electron chi connectivity index (χ4n) is 3.58. The molecule has 0 amide bonds. The molecule has 0 aliphatic heterocycles. The van der Waals surface area contributed by atoms with Crippen molar-refractivity contribution in [1.82, 2.24) is 10.2 Å². The van der Waals surface area contributed by atoms with E-state index >= 15 is 0 Å². The smallest absolute Gasteiger partial charge is 0.0613 e. The van der Waals surface area contributed by atoms with Crippen molar-refractivity contribution in [3.63, 3.8) is 0 Å². The Morgan fingerprint density at radius 2 is 2.10 bits per heavy atom. The van der Waals surface area contributed by atoms with Gasteiger partial charge in [0.25, 0.3) is 0 Å². The Kier molecular flexibility index (Phi) is 6.30. The number of nitrogens with zero attached hydrogens (tertiary/aromatic N) is 1. The maximum atomic E-state index is 3.86. The summed E-state index contributed by atoms with van der Waals surface area (Å²) in [6, 6.07) is 2.62. The van der Waals surface area contributed by atoms with Crippen LogP contribution in [-0.4, -0.2) is 31.1 Å². The van der Waals surface area contributed by atoms with Crippen LogP contribution >= 0.6 is 27.3 Å². The molecule has 1 saturated carbocycles. The molecule has 1 N–H and O–H groups in total. The number of hydrogen-bond donors (Lipinski definition) is 1. The zero-order chi connectivity index (χ0) is 15.5. The van der Waals surface area contributed by atoms with Gasteiger partial charge in [-0.3, -0.25) is 0 Å². The van der Waals surface area contributed by atoms with E-state index in [-0.39, 0.29) is 5.54 Å². The van der Waals surface area contributed by atoms with E-state index in [9.17, 15) is 0 Å². The molecular weight excluding hydrogens is 344 g/mol. The lowest BCUT2D eigenvalue weighted by Gasteiger charge is -2.50. The molecule has 1 aliphatic carbocycles. The molecule has 0 spiro atoms. The van der Waals surface area contributed by atoms with E-state index in [4.69, 9.17) is 0 Å². The highest BCUT2D eigenvalue weighted by atomic mass is 79.9. The van der Waals surface area contributed by atoms with E-state index in [1.54, 1.807) is 0 Å². The standard InChI is InChI=1S/C17H29BrN2S/c1-5-11-19-16(15-14(18)8-12-21-15)17(20(3)4)9-6-13(2)7-10-17/h8,12-13,16,19H,5-7,9-11H2,1-4H3. The molecule has 2 nitrogen and oxygen atoms in total. The molecule has 1 aliphatic rings. The minimum atomic E-state index is 0.245. The molecule has 21 heavy (non-hydrogen) atoms. The third-order valence-electron chi connectivity index (χ3n) is 5.07. The molecular formula is C17H29BrN2S. The summed E-state index contributed by atoms with van der Waals surface area (Å²) in [6.07, 6.45) is 6.43. The minimum absolute atomic E-state index is 0.245. The van der Waals surface area contributed by atoms with Crippen LogP contribution in [0.4, 0.5) is 0 Å². The summed E-state index contributed by atoms with van der Waals surface area (Å²) in [5.74, 6) is 0.872. The lowest BCUT2D eigenvalue weighted by atomic mass is 9.71. The predicted molar refractivity (Wildman–Crippen MR) is 97.1 cm³/mol. The second-order valence-corrected chi connectivity index (χ2v) is 8.50. The van der Waals surface area contributed by atoms with Crippen LogP contribution in [-0.2, 0) is 0 Å². The molecule has 1 atom stereocenters. The second kappa shape index (κ2) is 7.58. The van der Waals surface area contributed by atoms with Crippen LogP contribution in [0.3, 0.4) is 0 Å². The summed E-state index contributed by atoms with van der Waals surface area (Å²) in [5, 5.41) is 6.06. The molecule has 0 radical (unpaired) electrons. The van der Waals surface area contributed by atoms with E-state index in [2.05, 4.69) is 65.5 Å². The maximum absolute atomic E-state index is 3.86. The number of halogens is 1. The summed E-state index contributed by atoms with van der Waals surface area (Å²) in [4.78, 5) is 3.95. The van der Waals surface area contributed by atoms with E-state index in [0.717, 1.165) is 12.5 Å². The van der Waals surface area contributed by atoms with Crippen LogP contribution in [0.15, 0.2) is 15.9 Å². The summed E-state index contributed by atoms with van der Waals surface area (Å²) in [7, 11) is 4.52. The molecule has 120 valence electrons. The average Bonchev–Trinajstić information content (AvgIpc) is 2.87. The number of likely N-dealkylation sites (N-methyl/N-ethyl adjacent to an activating group) is 1. The number of rotatable bonds is 6. The Balaban J connectivity index is 2.34. The Morgan fingerprint density at radius 3 is 2.57 bits per heavy atom. The van der Waals surface area contributed by atoms with Gasteiger partial charge < -0.3 is 10.2 Å². The van der Waals surface area contributed by atoms with Gasteiger partial charge in [-0.1, -0.05) is 13.8 Å². The van der Waals surface area contributed by atoms with Crippen molar-refractivity contribution in [3.05, 3.63) is 20.8 Å². The number of thiophene rings is 1. The largest absolute Gasteiger partial charge is 0.308 e. The van der Waals surface area contributed by atoms with Crippen LogP contribution in [0.5, 0.6) is 0 Å². The van der Waals surface area contributed by atoms with E-state index < -0.39 is 0 Å². The van der Waals surface area contributed by atoms with Crippen molar-refractivity contribution >= 4 is 27.3 Å². The average molecular weight is 373 g/mol. The first kappa shape index (κ1) is 17.5. The molecule has 1 unspecified atom stereocenters. The van der Waals surface area contributed by atoms with Gasteiger partial charge in [0.2, 0.25) is 0 Å². The number of hydrogen-bond acceptors (Lipinski definition) is 3. The van der Waals surface area contributed by atoms with E-state index in [1.807, 2.05) is 11.3 Å². The molecule has 2 rings (SSSR count). The van der Waals surface area contributed by atoms with Gasteiger partial charge in [0.05, 0.1) is 6.04 Å². The van der Waals surface area contributed by atoms with Crippen LogP contribution in [0.2, 0.25) is 0 Å². The highest BCUT2D eigenvalue weighted by Crippen LogP contribution is 2.46. The molecule has 1 heterocycles. The molecule has 0 saturated heterocycles. The van der Waals surface area contributed by atoms with Crippen molar-refractivity contribution in [1.29, 1.82) is 0 Å². The maximum Gasteiger partial charge on any atom is 0.0613 e. The monoisotopic (exact) mass is 372 g/mol. The molecule has 0 bridgehead atoms. The lowest BCUT2D eigenvalue weighted by Crippen LogP contribution is -2.55. The highest BCUT2D eigenvalue weighted by molar-refractivity contribution is 9.10. The van der Waals surface area contributed by atoms with Crippen molar-refractivity contribution in [2.45, 2.75) is 57.5 Å². The molecule has 1 fully saturated rings. The number of nitrogens with one attached hydrogen (secondary N) is 1. The quantitative estimate of drug-likeness (QED) is 0.750. The lowest BCUT2D eigenvalue weighted by molar-refractivity contribution is 0.0438. The fraction of sp³-hybridized carbons (Fsp3) is 0.765. The van der Waals surface area contributed by atoms with Crippen LogP contribution < -0.4 is 5.32 Å². The van der Waals surface area contributed by atoms with E-state index in [0.29, 0.717) is 6.04 Å². The van der Waals surface area contributed by atoms with Gasteiger partial charge in [0.15, 0.2) is 0 Å². The van der Waals surface area contributed by atoms with Crippen molar-refractivity contribution < 1.29 is 0 Å². The first-order valence-corrected chi connectivity index (χ1v) is 9.82. The van der Waals surface area contributed by atoms with Gasteiger partial charge in [0, 0.05) is 14.9 Å². The van der Waals surface area contributed by atoms with E-state index in [1.165, 1.54) is 41.5 Å². The molecule has 1 aromatic heterocycles. The van der Waals surface area contributed by atoms with Gasteiger partial charge in [-0.05, 0) is 86.0 Å². The highest BCUT2D eigenvalue weighted by Gasteiger charge is 2.44. The van der Waals surface area contributed by atoms with Gasteiger partial charge >= 0.3 is 0 Å². The van der Waals surface area contributed by atoms with Gasteiger partial charge in [0.1, 0.15) is 0 Å². The van der Waals surface area contributed by atoms with Crippen molar-refractivity contribution in [3.8, 4) is 0 Å². The third-order valence-corrected chi connectivity index (χ3v) is 7.01. The first-order valence-electron chi connectivity index (χ1n) is 8.15. The van der Waals surface area contributed by atoms with Crippen LogP contribution in [0, 0.1) is 5.92 Å². The second-order valence-electron chi connectivity index (χ2n) is 6.70. The van der Waals surface area contributed by atoms with Crippen LogP contribution in [0.25, 0.3) is 0 Å². The Labute approximate surface area is 142 Å². The van der Waals surface area contributed by atoms with Crippen molar-refractivity contribution in [2.75, 3.05) is 20.6 Å².